The predicted molar refractivity (Wildman–Crippen MR) is 114 cm³/mol. The summed E-state index contributed by atoms with van der Waals surface area (Å²) in [7, 11) is -1.12. The lowest BCUT2D eigenvalue weighted by molar-refractivity contribution is -0.192. The van der Waals surface area contributed by atoms with Crippen LogP contribution in [0.1, 0.15) is 31.7 Å². The molecule has 1 atom stereocenters. The number of alkyl halides is 3. The van der Waals surface area contributed by atoms with Gasteiger partial charge in [-0.05, 0) is 43.8 Å². The van der Waals surface area contributed by atoms with Crippen molar-refractivity contribution in [3.63, 3.8) is 0 Å². The van der Waals surface area contributed by atoms with Gasteiger partial charge >= 0.3 is 12.1 Å². The number of rotatable bonds is 6. The zero-order chi connectivity index (χ0) is 24.0. The van der Waals surface area contributed by atoms with Gasteiger partial charge in [0.1, 0.15) is 0 Å². The highest BCUT2D eigenvalue weighted by Crippen LogP contribution is 2.42. The Kier molecular flexibility index (Phi) is 9.09. The van der Waals surface area contributed by atoms with Gasteiger partial charge in [0.25, 0.3) is 0 Å². The molecule has 1 aromatic carbocycles. The fraction of sp³-hybridized carbons (Fsp3) is 0.667. The molecule has 2 fully saturated rings. The van der Waals surface area contributed by atoms with E-state index in [0.717, 1.165) is 44.5 Å². The first-order valence-corrected chi connectivity index (χ1v) is 12.1. The Morgan fingerprint density at radius 2 is 1.81 bits per heavy atom. The first-order valence-electron chi connectivity index (χ1n) is 10.5. The Bertz CT molecular complexity index is 841. The van der Waals surface area contributed by atoms with Gasteiger partial charge in [0, 0.05) is 19.6 Å². The third-order valence-corrected chi connectivity index (χ3v) is 7.80. The molecule has 0 radical (unpaired) electrons. The Hall–Kier alpha value is -1.69. The first-order chi connectivity index (χ1) is 14.9. The second-order valence-electron chi connectivity index (χ2n) is 8.44. The minimum Gasteiger partial charge on any atom is -0.475 e. The van der Waals surface area contributed by atoms with E-state index in [2.05, 4.69) is 18.9 Å². The zero-order valence-electron chi connectivity index (χ0n) is 18.3. The van der Waals surface area contributed by atoms with Crippen LogP contribution in [0.25, 0.3) is 0 Å². The average molecular weight is 481 g/mol. The highest BCUT2D eigenvalue weighted by atomic mass is 32.2. The molecule has 182 valence electrons. The summed E-state index contributed by atoms with van der Waals surface area (Å²) in [5.74, 6) is -2.66. The number of carboxylic acid groups (broad SMARTS) is 1. The molecule has 2 aliphatic heterocycles. The zero-order valence-corrected chi connectivity index (χ0v) is 19.2. The lowest BCUT2D eigenvalue weighted by Gasteiger charge is -2.37. The van der Waals surface area contributed by atoms with Crippen LogP contribution in [0.5, 0.6) is 0 Å². The topological polar surface area (TPSA) is 87.2 Å². The molecule has 1 N–H and O–H groups in total. The number of aliphatic carboxylic acids is 1. The van der Waals surface area contributed by atoms with Gasteiger partial charge in [-0.3, -0.25) is 0 Å². The van der Waals surface area contributed by atoms with Crippen molar-refractivity contribution in [2.24, 2.45) is 5.41 Å². The number of nitrogens with zero attached hydrogens (tertiary/aromatic N) is 2. The van der Waals surface area contributed by atoms with E-state index in [1.54, 1.807) is 4.31 Å². The molecule has 0 aliphatic carbocycles. The molecule has 0 amide bonds. The van der Waals surface area contributed by atoms with Crippen molar-refractivity contribution < 1.29 is 36.2 Å². The molecule has 0 bridgehead atoms. The van der Waals surface area contributed by atoms with Crippen molar-refractivity contribution in [2.45, 2.75) is 44.2 Å². The van der Waals surface area contributed by atoms with Gasteiger partial charge in [0.15, 0.2) is 0 Å². The molecule has 2 aliphatic rings. The predicted octanol–water partition coefficient (Wildman–Crippen LogP) is 2.97. The van der Waals surface area contributed by atoms with E-state index in [1.165, 1.54) is 0 Å². The third-order valence-electron chi connectivity index (χ3n) is 5.95. The van der Waals surface area contributed by atoms with Crippen LogP contribution in [0.15, 0.2) is 30.3 Å². The average Bonchev–Trinajstić information content (AvgIpc) is 3.10. The van der Waals surface area contributed by atoms with Gasteiger partial charge in [0.05, 0.1) is 18.5 Å². The first kappa shape index (κ1) is 26.6. The Morgan fingerprint density at radius 1 is 1.25 bits per heavy atom. The summed E-state index contributed by atoms with van der Waals surface area (Å²) in [6.07, 6.45) is -1.91. The second kappa shape index (κ2) is 11.0. The summed E-state index contributed by atoms with van der Waals surface area (Å²) < 4.78 is 64.8. The molecule has 1 aromatic rings. The van der Waals surface area contributed by atoms with Gasteiger partial charge in [-0.25, -0.2) is 17.5 Å². The summed E-state index contributed by atoms with van der Waals surface area (Å²) >= 11 is 0. The van der Waals surface area contributed by atoms with Crippen LogP contribution in [0.2, 0.25) is 0 Å². The molecule has 2 heterocycles. The van der Waals surface area contributed by atoms with E-state index in [0.29, 0.717) is 13.1 Å². The number of ether oxygens (including phenoxy) is 1. The van der Waals surface area contributed by atoms with Gasteiger partial charge < -0.3 is 14.7 Å². The number of sulfonamides is 1. The van der Waals surface area contributed by atoms with Gasteiger partial charge in [0.2, 0.25) is 10.0 Å². The number of likely N-dealkylation sites (N-methyl/N-ethyl adjacent to an activating group) is 1. The standard InChI is InChI=1S/C19H30N2O3S.C2HF3O2/c1-3-20(2)14-18-13-19(16-24-18)9-11-21(12-10-19)25(22,23)15-17-7-5-4-6-8-17;3-2(4,5)1(6)7/h4-8,18H,3,9-16H2,1-2H3;(H,6,7). The molecule has 32 heavy (non-hydrogen) atoms. The largest absolute Gasteiger partial charge is 0.490 e. The van der Waals surface area contributed by atoms with E-state index in [-0.39, 0.29) is 17.3 Å². The molecule has 7 nitrogen and oxygen atoms in total. The lowest BCUT2D eigenvalue weighted by atomic mass is 9.77. The van der Waals surface area contributed by atoms with E-state index in [4.69, 9.17) is 14.6 Å². The molecule has 3 rings (SSSR count). The molecule has 2 saturated heterocycles. The number of piperidine rings is 1. The van der Waals surface area contributed by atoms with Gasteiger partial charge in [-0.15, -0.1) is 0 Å². The number of carboxylic acids is 1. The van der Waals surface area contributed by atoms with Crippen LogP contribution in [-0.2, 0) is 25.3 Å². The molecular weight excluding hydrogens is 449 g/mol. The van der Waals surface area contributed by atoms with Crippen molar-refractivity contribution in [1.29, 1.82) is 0 Å². The van der Waals surface area contributed by atoms with Crippen molar-refractivity contribution >= 4 is 16.0 Å². The van der Waals surface area contributed by atoms with E-state index >= 15 is 0 Å². The number of hydrogen-bond donors (Lipinski definition) is 1. The summed E-state index contributed by atoms with van der Waals surface area (Å²) in [4.78, 5) is 11.2. The minimum absolute atomic E-state index is 0.0985. The van der Waals surface area contributed by atoms with Crippen molar-refractivity contribution in [3.05, 3.63) is 35.9 Å². The Morgan fingerprint density at radius 3 is 2.31 bits per heavy atom. The molecule has 0 saturated carbocycles. The summed E-state index contributed by atoms with van der Waals surface area (Å²) in [5, 5.41) is 7.12. The minimum atomic E-state index is -5.08. The van der Waals surface area contributed by atoms with E-state index in [1.807, 2.05) is 30.3 Å². The summed E-state index contributed by atoms with van der Waals surface area (Å²) in [6.45, 7) is 6.17. The highest BCUT2D eigenvalue weighted by Gasteiger charge is 2.44. The molecule has 1 unspecified atom stereocenters. The Balaban J connectivity index is 0.000000451. The van der Waals surface area contributed by atoms with Crippen molar-refractivity contribution in [2.75, 3.05) is 39.8 Å². The highest BCUT2D eigenvalue weighted by molar-refractivity contribution is 7.88. The lowest BCUT2D eigenvalue weighted by Crippen LogP contribution is -2.44. The molecule has 0 aromatic heterocycles. The number of benzene rings is 1. The summed E-state index contributed by atoms with van der Waals surface area (Å²) in [6, 6.07) is 9.44. The normalized spacial score (nSPS) is 21.4. The maximum atomic E-state index is 12.7. The maximum absolute atomic E-state index is 12.7. The number of carbonyl (C=O) groups is 1. The monoisotopic (exact) mass is 480 g/mol. The van der Waals surface area contributed by atoms with Crippen molar-refractivity contribution in [3.8, 4) is 0 Å². The van der Waals surface area contributed by atoms with E-state index < -0.39 is 22.2 Å². The molecular formula is C21H31F3N2O5S. The van der Waals surface area contributed by atoms with Crippen LogP contribution in [0, 0.1) is 5.41 Å². The maximum Gasteiger partial charge on any atom is 0.490 e. The van der Waals surface area contributed by atoms with Crippen LogP contribution < -0.4 is 0 Å². The molecule has 1 spiro atoms. The van der Waals surface area contributed by atoms with Crippen molar-refractivity contribution in [1.82, 2.24) is 9.21 Å². The van der Waals surface area contributed by atoms with Crippen LogP contribution in [0.3, 0.4) is 0 Å². The van der Waals surface area contributed by atoms with Crippen LogP contribution >= 0.6 is 0 Å². The fourth-order valence-electron chi connectivity index (χ4n) is 3.95. The van der Waals surface area contributed by atoms with Gasteiger partial charge in [-0.1, -0.05) is 37.3 Å². The number of halogens is 3. The van der Waals surface area contributed by atoms with E-state index in [9.17, 15) is 21.6 Å². The quantitative estimate of drug-likeness (QED) is 0.674. The smallest absolute Gasteiger partial charge is 0.475 e. The van der Waals surface area contributed by atoms with Gasteiger partial charge in [-0.2, -0.15) is 13.2 Å². The SMILES string of the molecule is CCN(C)CC1CC2(CCN(S(=O)(=O)Cc3ccccc3)CC2)CO1.O=C(O)C(F)(F)F. The fourth-order valence-corrected chi connectivity index (χ4v) is 5.49. The Labute approximate surface area is 187 Å². The second-order valence-corrected chi connectivity index (χ2v) is 10.4. The third kappa shape index (κ3) is 7.72. The van der Waals surface area contributed by atoms with Crippen LogP contribution in [0.4, 0.5) is 13.2 Å². The molecule has 11 heteroatoms. The summed E-state index contributed by atoms with van der Waals surface area (Å²) in [5.41, 5.74) is 1.03. The van der Waals surface area contributed by atoms with Crippen LogP contribution in [-0.4, -0.2) is 80.8 Å². The number of hydrogen-bond acceptors (Lipinski definition) is 5.